The van der Waals surface area contributed by atoms with E-state index in [1.165, 1.54) is 0 Å². The number of rotatable bonds is 8. The highest BCUT2D eigenvalue weighted by atomic mass is 28.3. The highest BCUT2D eigenvalue weighted by Gasteiger charge is 2.19. The van der Waals surface area contributed by atoms with Crippen LogP contribution >= 0.6 is 0 Å². The van der Waals surface area contributed by atoms with Crippen molar-refractivity contribution in [2.45, 2.75) is 38.8 Å². The van der Waals surface area contributed by atoms with Gasteiger partial charge >= 0.3 is 9.28 Å². The third-order valence-electron chi connectivity index (χ3n) is 1.86. The minimum atomic E-state index is -1.46. The first-order valence-corrected chi connectivity index (χ1v) is 7.37. The Bertz CT molecular complexity index is 151. The van der Waals surface area contributed by atoms with E-state index in [2.05, 4.69) is 26.1 Å². The predicted octanol–water partition coefficient (Wildman–Crippen LogP) is 0.607. The number of hydrogen-bond donors (Lipinski definition) is 2. The van der Waals surface area contributed by atoms with Gasteiger partial charge in [-0.3, -0.25) is 0 Å². The molecule has 1 unspecified atom stereocenters. The molecule has 0 saturated carbocycles. The maximum Gasteiger partial charge on any atom is 0.321 e. The van der Waals surface area contributed by atoms with Crippen molar-refractivity contribution in [1.29, 1.82) is 0 Å². The number of nitrogens with one attached hydrogen (secondary N) is 1. The molecule has 0 radical (unpaired) electrons. The number of hydrogen-bond acceptors (Lipinski definition) is 4. The second kappa shape index (κ2) is 8.24. The van der Waals surface area contributed by atoms with Gasteiger partial charge in [-0.15, -0.1) is 0 Å². The van der Waals surface area contributed by atoms with Crippen molar-refractivity contribution < 1.29 is 8.85 Å². The van der Waals surface area contributed by atoms with E-state index in [1.54, 1.807) is 7.11 Å². The van der Waals surface area contributed by atoms with Crippen molar-refractivity contribution in [3.8, 4) is 0 Å². The molecule has 0 saturated heterocycles. The molecule has 0 aliphatic carbocycles. The molecule has 15 heavy (non-hydrogen) atoms. The Kier molecular flexibility index (Phi) is 8.27. The summed E-state index contributed by atoms with van der Waals surface area (Å²) in [5.74, 6) is 0. The first-order chi connectivity index (χ1) is 6.99. The summed E-state index contributed by atoms with van der Waals surface area (Å²) < 4.78 is 11.3. The van der Waals surface area contributed by atoms with E-state index < -0.39 is 9.28 Å². The van der Waals surface area contributed by atoms with Gasteiger partial charge in [-0.25, -0.2) is 0 Å². The predicted molar refractivity (Wildman–Crippen MR) is 66.3 cm³/mol. The summed E-state index contributed by atoms with van der Waals surface area (Å²) in [5, 5.41) is 3.26. The molecule has 4 nitrogen and oxygen atoms in total. The van der Waals surface area contributed by atoms with Crippen molar-refractivity contribution >= 4 is 9.28 Å². The van der Waals surface area contributed by atoms with Crippen molar-refractivity contribution in [3.63, 3.8) is 0 Å². The zero-order chi connectivity index (χ0) is 11.7. The van der Waals surface area contributed by atoms with Crippen LogP contribution in [-0.2, 0) is 8.85 Å². The molecule has 0 bridgehead atoms. The molecular formula is C10H26N2O2Si. The highest BCUT2D eigenvalue weighted by molar-refractivity contribution is 6.44. The molecule has 3 N–H and O–H groups in total. The minimum absolute atomic E-state index is 0.0857. The molecule has 0 fully saturated rings. The van der Waals surface area contributed by atoms with Gasteiger partial charge in [0.1, 0.15) is 0 Å². The molecule has 0 amide bonds. The third-order valence-corrected chi connectivity index (χ3v) is 4.24. The zero-order valence-corrected chi connectivity index (χ0v) is 11.7. The van der Waals surface area contributed by atoms with Gasteiger partial charge in [0, 0.05) is 25.8 Å². The fraction of sp³-hybridized carbons (Fsp3) is 1.00. The van der Waals surface area contributed by atoms with E-state index >= 15 is 0 Å². The van der Waals surface area contributed by atoms with Gasteiger partial charge in [0.25, 0.3) is 0 Å². The van der Waals surface area contributed by atoms with E-state index in [0.29, 0.717) is 6.54 Å². The normalized spacial score (nSPS) is 14.2. The molecule has 0 aromatic rings. The molecule has 0 rings (SSSR count). The van der Waals surface area contributed by atoms with Crippen molar-refractivity contribution in [2.75, 3.05) is 26.7 Å². The monoisotopic (exact) mass is 234 g/mol. The molecule has 0 aliphatic rings. The SMILES string of the molecule is CO[SiH](CCCNCCN)OC(C)(C)C. The Labute approximate surface area is 95.4 Å². The third kappa shape index (κ3) is 10.3. The lowest BCUT2D eigenvalue weighted by Gasteiger charge is -2.25. The molecule has 92 valence electrons. The van der Waals surface area contributed by atoms with Crippen LogP contribution in [0.3, 0.4) is 0 Å². The Balaban J connectivity index is 3.53. The van der Waals surface area contributed by atoms with E-state index in [0.717, 1.165) is 25.6 Å². The van der Waals surface area contributed by atoms with E-state index in [4.69, 9.17) is 14.6 Å². The van der Waals surface area contributed by atoms with Crippen LogP contribution in [0.15, 0.2) is 0 Å². The molecule has 5 heteroatoms. The topological polar surface area (TPSA) is 56.5 Å². The average molecular weight is 234 g/mol. The summed E-state index contributed by atoms with van der Waals surface area (Å²) in [7, 11) is 0.285. The number of nitrogens with two attached hydrogens (primary N) is 1. The Morgan fingerprint density at radius 3 is 2.40 bits per heavy atom. The summed E-state index contributed by atoms with van der Waals surface area (Å²) in [5.41, 5.74) is 5.29. The van der Waals surface area contributed by atoms with Crippen LogP contribution in [0, 0.1) is 0 Å². The van der Waals surface area contributed by atoms with Gasteiger partial charge in [-0.1, -0.05) is 0 Å². The maximum absolute atomic E-state index is 5.86. The standard InChI is InChI=1S/C10H26N2O2Si/c1-10(2,3)14-15(13-4)9-5-7-12-8-6-11/h12,15H,5-9,11H2,1-4H3. The van der Waals surface area contributed by atoms with Crippen molar-refractivity contribution in [3.05, 3.63) is 0 Å². The lowest BCUT2D eigenvalue weighted by Crippen LogP contribution is -2.33. The van der Waals surface area contributed by atoms with Crippen LogP contribution in [-0.4, -0.2) is 41.6 Å². The highest BCUT2D eigenvalue weighted by Crippen LogP contribution is 2.12. The minimum Gasteiger partial charge on any atom is -0.400 e. The largest absolute Gasteiger partial charge is 0.400 e. The first-order valence-electron chi connectivity index (χ1n) is 5.61. The summed E-state index contributed by atoms with van der Waals surface area (Å²) in [4.78, 5) is 0. The quantitative estimate of drug-likeness (QED) is 0.477. The summed E-state index contributed by atoms with van der Waals surface area (Å²) in [6, 6.07) is 1.05. The molecule has 0 aliphatic heterocycles. The van der Waals surface area contributed by atoms with Gasteiger partial charge < -0.3 is 19.9 Å². The lowest BCUT2D eigenvalue weighted by molar-refractivity contribution is 0.0913. The fourth-order valence-electron chi connectivity index (χ4n) is 1.24. The van der Waals surface area contributed by atoms with Crippen molar-refractivity contribution in [1.82, 2.24) is 5.32 Å². The van der Waals surface area contributed by atoms with Crippen LogP contribution < -0.4 is 11.1 Å². The second-order valence-electron chi connectivity index (χ2n) is 4.58. The average Bonchev–Trinajstić information content (AvgIpc) is 2.14. The first kappa shape index (κ1) is 15.1. The van der Waals surface area contributed by atoms with Gasteiger partial charge in [-0.2, -0.15) is 0 Å². The second-order valence-corrected chi connectivity index (χ2v) is 6.72. The maximum atomic E-state index is 5.86. The summed E-state index contributed by atoms with van der Waals surface area (Å²) in [6.45, 7) is 8.79. The fourth-order valence-corrected chi connectivity index (χ4v) is 3.02. The van der Waals surface area contributed by atoms with Gasteiger partial charge in [0.05, 0.1) is 0 Å². The molecule has 0 heterocycles. The smallest absolute Gasteiger partial charge is 0.321 e. The molecule has 1 atom stereocenters. The molecular weight excluding hydrogens is 208 g/mol. The van der Waals surface area contributed by atoms with Crippen LogP contribution in [0.1, 0.15) is 27.2 Å². The van der Waals surface area contributed by atoms with Gasteiger partial charge in [-0.05, 0) is 39.8 Å². The van der Waals surface area contributed by atoms with Crippen LogP contribution in [0.4, 0.5) is 0 Å². The van der Waals surface area contributed by atoms with Crippen molar-refractivity contribution in [2.24, 2.45) is 5.73 Å². The summed E-state index contributed by atoms with van der Waals surface area (Å²) in [6.07, 6.45) is 1.10. The van der Waals surface area contributed by atoms with Crippen LogP contribution in [0.2, 0.25) is 6.04 Å². The molecule has 0 aromatic heterocycles. The lowest BCUT2D eigenvalue weighted by atomic mass is 10.2. The van der Waals surface area contributed by atoms with Crippen LogP contribution in [0.25, 0.3) is 0 Å². The van der Waals surface area contributed by atoms with E-state index in [1.807, 2.05) is 0 Å². The Morgan fingerprint density at radius 1 is 1.27 bits per heavy atom. The van der Waals surface area contributed by atoms with Crippen LogP contribution in [0.5, 0.6) is 0 Å². The Hall–Kier alpha value is 0.0569. The zero-order valence-electron chi connectivity index (χ0n) is 10.5. The van der Waals surface area contributed by atoms with Gasteiger partial charge in [0.15, 0.2) is 0 Å². The van der Waals surface area contributed by atoms with Gasteiger partial charge in [0.2, 0.25) is 0 Å². The van der Waals surface area contributed by atoms with E-state index in [-0.39, 0.29) is 5.60 Å². The van der Waals surface area contributed by atoms with E-state index in [9.17, 15) is 0 Å². The summed E-state index contributed by atoms with van der Waals surface area (Å²) >= 11 is 0. The Morgan fingerprint density at radius 2 is 1.93 bits per heavy atom. The molecule has 0 spiro atoms. The molecule has 0 aromatic carbocycles.